The minimum absolute atomic E-state index is 0.0161. The lowest BCUT2D eigenvalue weighted by atomic mass is 10.0. The summed E-state index contributed by atoms with van der Waals surface area (Å²) in [5.74, 6) is -6.75. The molecule has 0 saturated heterocycles. The van der Waals surface area contributed by atoms with Gasteiger partial charge in [-0.1, -0.05) is 12.1 Å². The van der Waals surface area contributed by atoms with Gasteiger partial charge in [0.1, 0.15) is 23.9 Å². The highest BCUT2D eigenvalue weighted by Gasteiger charge is 2.30. The van der Waals surface area contributed by atoms with Gasteiger partial charge in [-0.25, -0.2) is 4.79 Å². The van der Waals surface area contributed by atoms with Gasteiger partial charge >= 0.3 is 11.9 Å². The molecule has 1 aromatic rings. The lowest BCUT2D eigenvalue weighted by molar-refractivity contribution is -0.144. The molecule has 0 aliphatic rings. The second-order valence-electron chi connectivity index (χ2n) is 7.44. The second-order valence-corrected chi connectivity index (χ2v) is 7.44. The van der Waals surface area contributed by atoms with Gasteiger partial charge in [-0.15, -0.1) is 0 Å². The fourth-order valence-corrected chi connectivity index (χ4v) is 2.72. The Morgan fingerprint density at radius 1 is 0.853 bits per heavy atom. The molecular formula is C20H27N5O9. The van der Waals surface area contributed by atoms with Crippen molar-refractivity contribution in [1.82, 2.24) is 16.0 Å². The highest BCUT2D eigenvalue weighted by atomic mass is 16.4. The number of carbonyl (C=O) groups is 6. The Morgan fingerprint density at radius 2 is 1.41 bits per heavy atom. The topological polar surface area (TPSA) is 251 Å². The van der Waals surface area contributed by atoms with E-state index in [1.165, 1.54) is 31.2 Å². The van der Waals surface area contributed by atoms with Crippen molar-refractivity contribution >= 4 is 35.6 Å². The minimum Gasteiger partial charge on any atom is -0.508 e. The molecule has 34 heavy (non-hydrogen) atoms. The highest BCUT2D eigenvalue weighted by Crippen LogP contribution is 2.11. The van der Waals surface area contributed by atoms with E-state index >= 15 is 0 Å². The van der Waals surface area contributed by atoms with Crippen molar-refractivity contribution < 1.29 is 44.1 Å². The molecule has 1 aromatic carbocycles. The van der Waals surface area contributed by atoms with E-state index in [1.54, 1.807) is 0 Å². The molecule has 0 bridgehead atoms. The summed E-state index contributed by atoms with van der Waals surface area (Å²) in [5, 5.41) is 33.8. The van der Waals surface area contributed by atoms with E-state index in [2.05, 4.69) is 10.6 Å². The first-order valence-corrected chi connectivity index (χ1v) is 9.97. The Morgan fingerprint density at radius 3 is 1.91 bits per heavy atom. The van der Waals surface area contributed by atoms with Crippen LogP contribution in [0, 0.1) is 0 Å². The molecule has 4 amide bonds. The van der Waals surface area contributed by atoms with Crippen molar-refractivity contribution in [2.45, 2.75) is 50.4 Å². The summed E-state index contributed by atoms with van der Waals surface area (Å²) < 4.78 is 0. The molecule has 0 spiro atoms. The lowest BCUT2D eigenvalue weighted by Gasteiger charge is -2.22. The number of aromatic hydroxyl groups is 1. The molecule has 10 N–H and O–H groups in total. The Bertz CT molecular complexity index is 935. The first-order chi connectivity index (χ1) is 15.8. The van der Waals surface area contributed by atoms with E-state index < -0.39 is 72.6 Å². The lowest BCUT2D eigenvalue weighted by Crippen LogP contribution is -2.57. The molecule has 0 aromatic heterocycles. The first kappa shape index (κ1) is 27.8. The Kier molecular flexibility index (Phi) is 10.4. The van der Waals surface area contributed by atoms with Gasteiger partial charge in [-0.3, -0.25) is 24.0 Å². The molecular weight excluding hydrogens is 454 g/mol. The van der Waals surface area contributed by atoms with Crippen molar-refractivity contribution in [3.8, 4) is 5.75 Å². The maximum absolute atomic E-state index is 12.5. The molecule has 4 unspecified atom stereocenters. The van der Waals surface area contributed by atoms with Gasteiger partial charge in [0.2, 0.25) is 23.6 Å². The van der Waals surface area contributed by atoms with Crippen molar-refractivity contribution in [3.63, 3.8) is 0 Å². The van der Waals surface area contributed by atoms with Crippen LogP contribution in [0.25, 0.3) is 0 Å². The highest BCUT2D eigenvalue weighted by molar-refractivity contribution is 5.96. The average molecular weight is 481 g/mol. The largest absolute Gasteiger partial charge is 0.508 e. The maximum atomic E-state index is 12.5. The van der Waals surface area contributed by atoms with Crippen LogP contribution in [0.1, 0.15) is 25.3 Å². The number of aliphatic carboxylic acids is 2. The zero-order chi connectivity index (χ0) is 26.0. The van der Waals surface area contributed by atoms with Crippen LogP contribution in [-0.2, 0) is 35.2 Å². The summed E-state index contributed by atoms with van der Waals surface area (Å²) >= 11 is 0. The smallest absolute Gasteiger partial charge is 0.326 e. The number of phenolic OH excluding ortho intramolecular Hbond substituents is 1. The third kappa shape index (κ3) is 9.52. The number of carboxylic acids is 2. The quantitative estimate of drug-likeness (QED) is 0.143. The maximum Gasteiger partial charge on any atom is 0.326 e. The number of carboxylic acid groups (broad SMARTS) is 2. The number of amides is 4. The molecule has 0 saturated carbocycles. The van der Waals surface area contributed by atoms with E-state index in [0.29, 0.717) is 5.56 Å². The monoisotopic (exact) mass is 481 g/mol. The van der Waals surface area contributed by atoms with Gasteiger partial charge < -0.3 is 42.7 Å². The summed E-state index contributed by atoms with van der Waals surface area (Å²) in [5.41, 5.74) is 11.4. The van der Waals surface area contributed by atoms with Gasteiger partial charge in [0.05, 0.1) is 18.9 Å². The molecule has 4 atom stereocenters. The van der Waals surface area contributed by atoms with Gasteiger partial charge in [-0.05, 0) is 31.0 Å². The summed E-state index contributed by atoms with van der Waals surface area (Å²) in [6.07, 6.45) is -1.47. The second kappa shape index (κ2) is 12.7. The van der Waals surface area contributed by atoms with Crippen molar-refractivity contribution in [1.29, 1.82) is 0 Å². The molecule has 186 valence electrons. The number of nitrogens with one attached hydrogen (secondary N) is 3. The minimum atomic E-state index is -1.63. The van der Waals surface area contributed by atoms with Crippen LogP contribution in [0.4, 0.5) is 0 Å². The predicted molar refractivity (Wildman–Crippen MR) is 115 cm³/mol. The number of primary amides is 1. The van der Waals surface area contributed by atoms with Gasteiger partial charge in [0.15, 0.2) is 0 Å². The van der Waals surface area contributed by atoms with Crippen LogP contribution >= 0.6 is 0 Å². The van der Waals surface area contributed by atoms with E-state index in [4.69, 9.17) is 21.7 Å². The van der Waals surface area contributed by atoms with Crippen LogP contribution in [0.5, 0.6) is 5.75 Å². The van der Waals surface area contributed by atoms with Crippen LogP contribution in [0.3, 0.4) is 0 Å². The van der Waals surface area contributed by atoms with E-state index in [-0.39, 0.29) is 12.2 Å². The standard InChI is InChI=1S/C20H27N5O9/c1-9(17(30)25-14(20(33)34)7-15(22)27)23-19(32)13(8-16(28)29)24-18(31)12(21)6-10-2-4-11(26)5-3-10/h2-5,9,12-14,26H,6-8,21H2,1H3,(H2,22,27)(H,23,32)(H,24,31)(H,25,30)(H,28,29)(H,33,34). The number of benzene rings is 1. The van der Waals surface area contributed by atoms with E-state index in [9.17, 15) is 33.9 Å². The zero-order valence-electron chi connectivity index (χ0n) is 18.2. The SMILES string of the molecule is CC(NC(=O)C(CC(=O)O)NC(=O)C(N)Cc1ccc(O)cc1)C(=O)NC(CC(N)=O)C(=O)O. The van der Waals surface area contributed by atoms with Gasteiger partial charge in [-0.2, -0.15) is 0 Å². The fourth-order valence-electron chi connectivity index (χ4n) is 2.72. The van der Waals surface area contributed by atoms with E-state index in [1.807, 2.05) is 5.32 Å². The molecule has 14 nitrogen and oxygen atoms in total. The normalized spacial score (nSPS) is 14.1. The molecule has 1 rings (SSSR count). The zero-order valence-corrected chi connectivity index (χ0v) is 18.2. The summed E-state index contributed by atoms with van der Waals surface area (Å²) in [7, 11) is 0. The van der Waals surface area contributed by atoms with E-state index in [0.717, 1.165) is 0 Å². The third-order valence-electron chi connectivity index (χ3n) is 4.51. The Hall–Kier alpha value is -4.20. The average Bonchev–Trinajstić information content (AvgIpc) is 2.73. The summed E-state index contributed by atoms with van der Waals surface area (Å²) in [4.78, 5) is 70.3. The Balaban J connectivity index is 2.79. The van der Waals surface area contributed by atoms with Crippen molar-refractivity contribution in [2.75, 3.05) is 0 Å². The number of hydrogen-bond acceptors (Lipinski definition) is 8. The van der Waals surface area contributed by atoms with Crippen LogP contribution in [0.15, 0.2) is 24.3 Å². The predicted octanol–water partition coefficient (Wildman–Crippen LogP) is -2.83. The first-order valence-electron chi connectivity index (χ1n) is 9.97. The number of carbonyl (C=O) groups excluding carboxylic acids is 4. The van der Waals surface area contributed by atoms with Crippen LogP contribution in [-0.4, -0.2) is 75.1 Å². The molecule has 0 aliphatic carbocycles. The third-order valence-corrected chi connectivity index (χ3v) is 4.51. The van der Waals surface area contributed by atoms with Gasteiger partial charge in [0.25, 0.3) is 0 Å². The summed E-state index contributed by atoms with van der Waals surface area (Å²) in [6, 6.07) is 0.139. The molecule has 0 fully saturated rings. The van der Waals surface area contributed by atoms with Crippen LogP contribution < -0.4 is 27.4 Å². The molecule has 0 heterocycles. The fraction of sp³-hybridized carbons (Fsp3) is 0.400. The Labute approximate surface area is 193 Å². The summed E-state index contributed by atoms with van der Waals surface area (Å²) in [6.45, 7) is 1.19. The number of phenols is 1. The molecule has 0 radical (unpaired) electrons. The number of nitrogens with two attached hydrogens (primary N) is 2. The van der Waals surface area contributed by atoms with Crippen molar-refractivity contribution in [3.05, 3.63) is 29.8 Å². The van der Waals surface area contributed by atoms with Crippen LogP contribution in [0.2, 0.25) is 0 Å². The number of hydrogen-bond donors (Lipinski definition) is 8. The molecule has 0 aliphatic heterocycles. The van der Waals surface area contributed by atoms with Crippen molar-refractivity contribution in [2.24, 2.45) is 11.5 Å². The van der Waals surface area contributed by atoms with Gasteiger partial charge in [0, 0.05) is 0 Å². The number of rotatable bonds is 13. The molecule has 14 heteroatoms.